The molecule has 0 amide bonds. The number of anilines is 1. The molecule has 2 rings (SSSR count). The summed E-state index contributed by atoms with van der Waals surface area (Å²) in [5.41, 5.74) is 0.992. The van der Waals surface area contributed by atoms with E-state index in [2.05, 4.69) is 29.1 Å². The first-order chi connectivity index (χ1) is 8.76. The smallest absolute Gasteiger partial charge is 0.137 e. The van der Waals surface area contributed by atoms with E-state index in [1.807, 2.05) is 0 Å². The van der Waals surface area contributed by atoms with Crippen molar-refractivity contribution in [2.75, 3.05) is 18.5 Å². The zero-order valence-corrected chi connectivity index (χ0v) is 11.7. The number of nitrogens with zero attached hydrogens (tertiary/aromatic N) is 2. The second-order valence-corrected chi connectivity index (χ2v) is 4.95. The molecule has 1 aromatic rings. The van der Waals surface area contributed by atoms with Crippen molar-refractivity contribution in [2.45, 2.75) is 39.2 Å². The molecule has 1 N–H and O–H groups in total. The number of hydrogen-bond acceptors (Lipinski definition) is 4. The van der Waals surface area contributed by atoms with Gasteiger partial charge in [0.25, 0.3) is 0 Å². The van der Waals surface area contributed by atoms with E-state index in [1.165, 1.54) is 6.33 Å². The van der Waals surface area contributed by atoms with Gasteiger partial charge in [-0.1, -0.05) is 25.4 Å². The van der Waals surface area contributed by atoms with Gasteiger partial charge in [0.05, 0.1) is 6.10 Å². The lowest BCUT2D eigenvalue weighted by molar-refractivity contribution is 0.0900. The molecule has 1 aliphatic rings. The van der Waals surface area contributed by atoms with Gasteiger partial charge in [0.2, 0.25) is 0 Å². The first-order valence-corrected chi connectivity index (χ1v) is 6.98. The highest BCUT2D eigenvalue weighted by atomic mass is 35.5. The molecule has 0 aliphatic carbocycles. The topological polar surface area (TPSA) is 47.0 Å². The van der Waals surface area contributed by atoms with Crippen LogP contribution in [0.2, 0.25) is 5.15 Å². The minimum Gasteiger partial charge on any atom is -0.378 e. The van der Waals surface area contributed by atoms with E-state index in [9.17, 15) is 0 Å². The van der Waals surface area contributed by atoms with Crippen molar-refractivity contribution in [1.82, 2.24) is 9.97 Å². The van der Waals surface area contributed by atoms with Crippen molar-refractivity contribution in [3.63, 3.8) is 0 Å². The third kappa shape index (κ3) is 2.93. The van der Waals surface area contributed by atoms with E-state index in [0.717, 1.165) is 43.8 Å². The second-order valence-electron chi connectivity index (χ2n) is 4.59. The normalized spacial score (nSPS) is 23.3. The van der Waals surface area contributed by atoms with Crippen molar-refractivity contribution in [3.05, 3.63) is 17.0 Å². The Hall–Kier alpha value is -0.870. The summed E-state index contributed by atoms with van der Waals surface area (Å²) >= 11 is 6.07. The Labute approximate surface area is 113 Å². The highest BCUT2D eigenvalue weighted by molar-refractivity contribution is 6.30. The van der Waals surface area contributed by atoms with Gasteiger partial charge in [-0.2, -0.15) is 0 Å². The minimum absolute atomic E-state index is 0.375. The number of nitrogens with one attached hydrogen (secondary N) is 1. The molecule has 100 valence electrons. The van der Waals surface area contributed by atoms with Gasteiger partial charge in [-0.25, -0.2) is 9.97 Å². The summed E-state index contributed by atoms with van der Waals surface area (Å²) in [6.45, 7) is 5.99. The summed E-state index contributed by atoms with van der Waals surface area (Å²) in [6, 6.07) is 0. The van der Waals surface area contributed by atoms with Crippen LogP contribution >= 0.6 is 11.6 Å². The fourth-order valence-electron chi connectivity index (χ4n) is 2.46. The van der Waals surface area contributed by atoms with E-state index in [0.29, 0.717) is 17.2 Å². The molecule has 1 saturated heterocycles. The van der Waals surface area contributed by atoms with E-state index >= 15 is 0 Å². The quantitative estimate of drug-likeness (QED) is 0.835. The van der Waals surface area contributed by atoms with Crippen LogP contribution in [0.4, 0.5) is 5.82 Å². The number of hydrogen-bond donors (Lipinski definition) is 1. The van der Waals surface area contributed by atoms with Crippen LogP contribution in [0.1, 0.15) is 32.3 Å². The summed E-state index contributed by atoms with van der Waals surface area (Å²) in [7, 11) is 0. The van der Waals surface area contributed by atoms with Gasteiger partial charge in [-0.05, 0) is 19.3 Å². The van der Waals surface area contributed by atoms with Crippen LogP contribution in [0.5, 0.6) is 0 Å². The fraction of sp³-hybridized carbons (Fsp3) is 0.692. The molecule has 2 atom stereocenters. The van der Waals surface area contributed by atoms with Crippen LogP contribution in [-0.2, 0) is 11.2 Å². The second kappa shape index (κ2) is 6.34. The Balaban J connectivity index is 2.00. The van der Waals surface area contributed by atoms with Gasteiger partial charge >= 0.3 is 0 Å². The lowest BCUT2D eigenvalue weighted by Gasteiger charge is -2.18. The standard InChI is InChI=1S/C13H20ClN3O/c1-3-10-12(14)16-8-17-13(10)15-7-9-5-6-18-11(9)4-2/h8-9,11H,3-7H2,1-2H3,(H,15,16,17). The molecule has 2 unspecified atom stereocenters. The van der Waals surface area contributed by atoms with E-state index in [4.69, 9.17) is 16.3 Å². The SMILES string of the molecule is CCc1c(Cl)ncnc1NCC1CCOC1CC. The van der Waals surface area contributed by atoms with Gasteiger partial charge in [-0.15, -0.1) is 0 Å². The number of rotatable bonds is 5. The molecule has 0 saturated carbocycles. The van der Waals surface area contributed by atoms with Crippen molar-refractivity contribution in [2.24, 2.45) is 5.92 Å². The van der Waals surface area contributed by atoms with Crippen molar-refractivity contribution in [1.29, 1.82) is 0 Å². The maximum atomic E-state index is 6.07. The molecule has 1 aliphatic heterocycles. The zero-order chi connectivity index (χ0) is 13.0. The average molecular weight is 270 g/mol. The molecular weight excluding hydrogens is 250 g/mol. The van der Waals surface area contributed by atoms with Crippen LogP contribution in [-0.4, -0.2) is 29.2 Å². The summed E-state index contributed by atoms with van der Waals surface area (Å²) in [5, 5.41) is 3.94. The Morgan fingerprint density at radius 2 is 2.28 bits per heavy atom. The lowest BCUT2D eigenvalue weighted by atomic mass is 9.99. The predicted molar refractivity (Wildman–Crippen MR) is 73.0 cm³/mol. The summed E-state index contributed by atoms with van der Waals surface area (Å²) in [4.78, 5) is 8.29. The van der Waals surface area contributed by atoms with Crippen LogP contribution in [0.25, 0.3) is 0 Å². The first kappa shape index (κ1) is 13.6. The molecule has 0 radical (unpaired) electrons. The largest absolute Gasteiger partial charge is 0.378 e. The molecule has 1 fully saturated rings. The third-order valence-electron chi connectivity index (χ3n) is 3.53. The molecule has 4 nitrogen and oxygen atoms in total. The molecule has 1 aromatic heterocycles. The van der Waals surface area contributed by atoms with Gasteiger partial charge < -0.3 is 10.1 Å². The lowest BCUT2D eigenvalue weighted by Crippen LogP contribution is -2.23. The Bertz CT molecular complexity index is 400. The monoisotopic (exact) mass is 269 g/mol. The maximum Gasteiger partial charge on any atom is 0.137 e. The Morgan fingerprint density at radius 3 is 3.00 bits per heavy atom. The first-order valence-electron chi connectivity index (χ1n) is 6.61. The van der Waals surface area contributed by atoms with Gasteiger partial charge in [0.15, 0.2) is 0 Å². The molecule has 0 aromatic carbocycles. The molecule has 5 heteroatoms. The summed E-state index contributed by atoms with van der Waals surface area (Å²) < 4.78 is 5.68. The highest BCUT2D eigenvalue weighted by Crippen LogP contribution is 2.25. The van der Waals surface area contributed by atoms with Crippen molar-refractivity contribution < 1.29 is 4.74 Å². The molecule has 0 spiro atoms. The van der Waals surface area contributed by atoms with Crippen molar-refractivity contribution >= 4 is 17.4 Å². The fourth-order valence-corrected chi connectivity index (χ4v) is 2.73. The third-order valence-corrected chi connectivity index (χ3v) is 3.85. The average Bonchev–Trinajstić information content (AvgIpc) is 2.83. The van der Waals surface area contributed by atoms with E-state index < -0.39 is 0 Å². The van der Waals surface area contributed by atoms with Crippen LogP contribution in [0.3, 0.4) is 0 Å². The molecule has 2 heterocycles. The van der Waals surface area contributed by atoms with Gasteiger partial charge in [-0.3, -0.25) is 0 Å². The van der Waals surface area contributed by atoms with E-state index in [1.54, 1.807) is 0 Å². The summed E-state index contributed by atoms with van der Waals surface area (Å²) in [5.74, 6) is 1.42. The number of aromatic nitrogens is 2. The van der Waals surface area contributed by atoms with Crippen LogP contribution < -0.4 is 5.32 Å². The maximum absolute atomic E-state index is 6.07. The molecule has 0 bridgehead atoms. The molecular formula is C13H20ClN3O. The van der Waals surface area contributed by atoms with Crippen molar-refractivity contribution in [3.8, 4) is 0 Å². The predicted octanol–water partition coefficient (Wildman–Crippen LogP) is 2.92. The Kier molecular flexibility index (Phi) is 4.78. The zero-order valence-electron chi connectivity index (χ0n) is 10.9. The van der Waals surface area contributed by atoms with Crippen LogP contribution in [0.15, 0.2) is 6.33 Å². The van der Waals surface area contributed by atoms with Gasteiger partial charge in [0.1, 0.15) is 17.3 Å². The number of halogens is 1. The van der Waals surface area contributed by atoms with Gasteiger partial charge in [0, 0.05) is 24.6 Å². The highest BCUT2D eigenvalue weighted by Gasteiger charge is 2.26. The minimum atomic E-state index is 0.375. The van der Waals surface area contributed by atoms with E-state index in [-0.39, 0.29) is 0 Å². The number of ether oxygens (including phenoxy) is 1. The molecule has 18 heavy (non-hydrogen) atoms. The van der Waals surface area contributed by atoms with Crippen LogP contribution in [0, 0.1) is 5.92 Å². The summed E-state index contributed by atoms with van der Waals surface area (Å²) in [6.07, 6.45) is 4.90. The Morgan fingerprint density at radius 1 is 1.44 bits per heavy atom.